The molecule has 5 nitrogen and oxygen atoms in total. The lowest BCUT2D eigenvalue weighted by atomic mass is 9.92. The van der Waals surface area contributed by atoms with Crippen molar-refractivity contribution in [3.8, 4) is 0 Å². The number of carbonyl (C=O) groups excluding carboxylic acids is 1. The van der Waals surface area contributed by atoms with E-state index < -0.39 is 35.4 Å². The van der Waals surface area contributed by atoms with Crippen molar-refractivity contribution >= 4 is 17.6 Å². The Morgan fingerprint density at radius 1 is 1.35 bits per heavy atom. The zero-order chi connectivity index (χ0) is 14.3. The molecule has 0 aromatic carbocycles. The molecule has 1 saturated heterocycles. The minimum absolute atomic E-state index is 0.249. The number of alkyl halides is 1. The summed E-state index contributed by atoms with van der Waals surface area (Å²) in [5, 5.41) is 9.52. The van der Waals surface area contributed by atoms with E-state index in [4.69, 9.17) is 25.8 Å². The average molecular weight is 303 g/mol. The molecule has 6 heteroatoms. The van der Waals surface area contributed by atoms with Gasteiger partial charge in [-0.25, -0.2) is 4.79 Å². The number of ether oxygens (including phenoxy) is 3. The van der Waals surface area contributed by atoms with E-state index in [-0.39, 0.29) is 5.57 Å². The molecule has 112 valence electrons. The lowest BCUT2D eigenvalue weighted by Gasteiger charge is -2.32. The molecule has 0 amide bonds. The fourth-order valence-corrected chi connectivity index (χ4v) is 3.68. The number of carbonyl (C=O) groups is 1. The molecule has 3 aliphatic rings. The van der Waals surface area contributed by atoms with E-state index in [0.29, 0.717) is 0 Å². The summed E-state index contributed by atoms with van der Waals surface area (Å²) in [4.78, 5) is 11.7. The van der Waals surface area contributed by atoms with Crippen molar-refractivity contribution in [2.45, 2.75) is 61.6 Å². The quantitative estimate of drug-likeness (QED) is 0.587. The number of rotatable bonds is 1. The van der Waals surface area contributed by atoms with Gasteiger partial charge in [-0.15, -0.1) is 11.6 Å². The molecule has 0 aromatic heterocycles. The van der Waals surface area contributed by atoms with E-state index in [1.54, 1.807) is 0 Å². The Kier molecular flexibility index (Phi) is 3.79. The van der Waals surface area contributed by atoms with E-state index in [0.717, 1.165) is 25.7 Å². The minimum atomic E-state index is -0.898. The lowest BCUT2D eigenvalue weighted by molar-refractivity contribution is -0.197. The van der Waals surface area contributed by atoms with Crippen LogP contribution in [-0.2, 0) is 19.0 Å². The van der Waals surface area contributed by atoms with Crippen LogP contribution in [0.1, 0.15) is 32.1 Å². The first kappa shape index (κ1) is 14.3. The van der Waals surface area contributed by atoms with Crippen LogP contribution in [0.5, 0.6) is 0 Å². The second-order valence-electron chi connectivity index (χ2n) is 5.64. The van der Waals surface area contributed by atoms with Gasteiger partial charge >= 0.3 is 5.97 Å². The molecule has 4 atom stereocenters. The van der Waals surface area contributed by atoms with Crippen molar-refractivity contribution in [1.82, 2.24) is 0 Å². The van der Waals surface area contributed by atoms with Crippen LogP contribution in [0.15, 0.2) is 11.6 Å². The summed E-state index contributed by atoms with van der Waals surface area (Å²) in [5.74, 6) is -1.17. The number of halogens is 1. The Labute approximate surface area is 122 Å². The van der Waals surface area contributed by atoms with Crippen LogP contribution in [0.3, 0.4) is 0 Å². The molecule has 0 aromatic rings. The largest absolute Gasteiger partial charge is 0.466 e. The highest BCUT2D eigenvalue weighted by Crippen LogP contribution is 2.45. The standard InChI is InChI=1S/C14H19ClO5/c1-18-13(17)8-7-9(16)11-12(10(8)15)20-14(19-11)5-3-2-4-6-14/h7,9-12,16H,2-6H2,1H3/t9-,10+,11+,12-/m1/s1. The molecule has 0 unspecified atom stereocenters. The normalized spacial score (nSPS) is 39.2. The van der Waals surface area contributed by atoms with Gasteiger partial charge in [-0.05, 0) is 18.9 Å². The van der Waals surface area contributed by atoms with Gasteiger partial charge in [-0.2, -0.15) is 0 Å². The molecular formula is C14H19ClO5. The number of hydrogen-bond acceptors (Lipinski definition) is 5. The molecule has 1 heterocycles. The molecule has 2 fully saturated rings. The molecule has 1 saturated carbocycles. The fourth-order valence-electron chi connectivity index (χ4n) is 3.32. The maximum absolute atomic E-state index is 11.7. The number of hydrogen-bond donors (Lipinski definition) is 1. The van der Waals surface area contributed by atoms with Gasteiger partial charge in [-0.3, -0.25) is 0 Å². The van der Waals surface area contributed by atoms with Crippen LogP contribution in [0.25, 0.3) is 0 Å². The van der Waals surface area contributed by atoms with Gasteiger partial charge in [0.1, 0.15) is 18.3 Å². The van der Waals surface area contributed by atoms with Crippen molar-refractivity contribution in [2.75, 3.05) is 7.11 Å². The van der Waals surface area contributed by atoms with E-state index >= 15 is 0 Å². The Hall–Kier alpha value is -0.620. The van der Waals surface area contributed by atoms with Crippen LogP contribution >= 0.6 is 11.6 Å². The predicted molar refractivity (Wildman–Crippen MR) is 71.3 cm³/mol. The van der Waals surface area contributed by atoms with Gasteiger partial charge in [0.2, 0.25) is 0 Å². The predicted octanol–water partition coefficient (Wildman–Crippen LogP) is 1.51. The first-order chi connectivity index (χ1) is 9.56. The Morgan fingerprint density at radius 2 is 2.00 bits per heavy atom. The summed E-state index contributed by atoms with van der Waals surface area (Å²) < 4.78 is 16.7. The molecule has 1 N–H and O–H groups in total. The number of fused-ring (bicyclic) bond motifs is 1. The van der Waals surface area contributed by atoms with Crippen molar-refractivity contribution in [3.05, 3.63) is 11.6 Å². The van der Waals surface area contributed by atoms with E-state index in [1.807, 2.05) is 0 Å². The maximum atomic E-state index is 11.7. The first-order valence-corrected chi connectivity index (χ1v) is 7.48. The third kappa shape index (κ3) is 2.26. The summed E-state index contributed by atoms with van der Waals surface area (Å²) in [5.41, 5.74) is 0.249. The summed E-state index contributed by atoms with van der Waals surface area (Å²) in [6, 6.07) is 0. The Balaban J connectivity index is 1.83. The average Bonchev–Trinajstić information content (AvgIpc) is 2.83. The zero-order valence-electron chi connectivity index (χ0n) is 11.4. The SMILES string of the molecule is COC(=O)C1=C[C@@H](O)[C@@H]2OC3(CCCCC3)O[C@@H]2[C@H]1Cl. The summed E-state index contributed by atoms with van der Waals surface area (Å²) in [6.45, 7) is 0. The highest BCUT2D eigenvalue weighted by atomic mass is 35.5. The van der Waals surface area contributed by atoms with Gasteiger partial charge in [0.05, 0.1) is 18.1 Å². The zero-order valence-corrected chi connectivity index (χ0v) is 12.1. The number of aliphatic hydroxyl groups is 1. The van der Waals surface area contributed by atoms with Crippen LogP contribution in [0.2, 0.25) is 0 Å². The van der Waals surface area contributed by atoms with Crippen molar-refractivity contribution in [3.63, 3.8) is 0 Å². The molecule has 3 rings (SSSR count). The Morgan fingerprint density at radius 3 is 2.65 bits per heavy atom. The number of esters is 1. The van der Waals surface area contributed by atoms with Gasteiger partial charge in [0.15, 0.2) is 5.79 Å². The minimum Gasteiger partial charge on any atom is -0.466 e. The molecule has 0 bridgehead atoms. The second kappa shape index (κ2) is 5.30. The highest BCUT2D eigenvalue weighted by Gasteiger charge is 2.55. The van der Waals surface area contributed by atoms with Crippen molar-refractivity contribution < 1.29 is 24.1 Å². The van der Waals surface area contributed by atoms with E-state index in [1.165, 1.54) is 19.6 Å². The molecule has 0 radical (unpaired) electrons. The van der Waals surface area contributed by atoms with E-state index in [9.17, 15) is 9.90 Å². The summed E-state index contributed by atoms with van der Waals surface area (Å²) >= 11 is 6.34. The maximum Gasteiger partial charge on any atom is 0.335 e. The molecule has 20 heavy (non-hydrogen) atoms. The highest BCUT2D eigenvalue weighted by molar-refractivity contribution is 6.26. The van der Waals surface area contributed by atoms with E-state index in [2.05, 4.69) is 0 Å². The van der Waals surface area contributed by atoms with Crippen molar-refractivity contribution in [2.24, 2.45) is 0 Å². The monoisotopic (exact) mass is 302 g/mol. The van der Waals surface area contributed by atoms with Crippen LogP contribution in [0.4, 0.5) is 0 Å². The Bertz CT molecular complexity index is 429. The van der Waals surface area contributed by atoms with Crippen molar-refractivity contribution in [1.29, 1.82) is 0 Å². The second-order valence-corrected chi connectivity index (χ2v) is 6.11. The molecular weight excluding hydrogens is 284 g/mol. The third-order valence-electron chi connectivity index (χ3n) is 4.33. The van der Waals surface area contributed by atoms with Crippen LogP contribution in [0, 0.1) is 0 Å². The molecule has 1 spiro atoms. The lowest BCUT2D eigenvalue weighted by Crippen LogP contribution is -2.45. The van der Waals surface area contributed by atoms with Gasteiger partial charge in [0.25, 0.3) is 0 Å². The number of aliphatic hydroxyl groups excluding tert-OH is 1. The molecule has 1 aliphatic heterocycles. The van der Waals surface area contributed by atoms with Crippen LogP contribution in [-0.4, -0.2) is 47.7 Å². The van der Waals surface area contributed by atoms with Gasteiger partial charge in [-0.1, -0.05) is 6.42 Å². The topological polar surface area (TPSA) is 65.0 Å². The summed E-state index contributed by atoms with van der Waals surface area (Å²) in [7, 11) is 1.29. The third-order valence-corrected chi connectivity index (χ3v) is 4.82. The van der Waals surface area contributed by atoms with Gasteiger partial charge < -0.3 is 19.3 Å². The first-order valence-electron chi connectivity index (χ1n) is 7.04. The number of methoxy groups -OCH3 is 1. The summed E-state index contributed by atoms with van der Waals surface area (Å²) in [6.07, 6.45) is 4.38. The fraction of sp³-hybridized carbons (Fsp3) is 0.786. The van der Waals surface area contributed by atoms with Gasteiger partial charge in [0, 0.05) is 12.8 Å². The van der Waals surface area contributed by atoms with Crippen LogP contribution < -0.4 is 0 Å². The smallest absolute Gasteiger partial charge is 0.335 e. The molecule has 2 aliphatic carbocycles.